The molecule has 0 spiro atoms. The van der Waals surface area contributed by atoms with E-state index in [1.54, 1.807) is 24.3 Å². The number of esters is 1. The van der Waals surface area contributed by atoms with Gasteiger partial charge in [0, 0.05) is 0 Å². The first-order valence-electron chi connectivity index (χ1n) is 9.73. The molecule has 1 unspecified atom stereocenters. The Morgan fingerprint density at radius 1 is 1.00 bits per heavy atom. The second-order valence-corrected chi connectivity index (χ2v) is 6.72. The van der Waals surface area contributed by atoms with Gasteiger partial charge in [-0.1, -0.05) is 43.7 Å². The maximum Gasteiger partial charge on any atom is 0.338 e. The van der Waals surface area contributed by atoms with Crippen molar-refractivity contribution in [2.45, 2.75) is 39.2 Å². The van der Waals surface area contributed by atoms with Crippen LogP contribution in [-0.4, -0.2) is 36.9 Å². The Bertz CT molecular complexity index is 802. The zero-order valence-electron chi connectivity index (χ0n) is 16.9. The van der Waals surface area contributed by atoms with Crippen LogP contribution < -0.4 is 10.1 Å². The summed E-state index contributed by atoms with van der Waals surface area (Å²) < 4.78 is 10.6. The molecule has 1 atom stereocenters. The van der Waals surface area contributed by atoms with Gasteiger partial charge in [0.15, 0.2) is 12.4 Å². The van der Waals surface area contributed by atoms with Crippen LogP contribution in [0.1, 0.15) is 42.6 Å². The van der Waals surface area contributed by atoms with Gasteiger partial charge >= 0.3 is 5.97 Å². The summed E-state index contributed by atoms with van der Waals surface area (Å²) in [5, 5.41) is 2.62. The Labute approximate surface area is 171 Å². The van der Waals surface area contributed by atoms with E-state index in [9.17, 15) is 14.4 Å². The Balaban J connectivity index is 1.82. The average molecular weight is 397 g/mol. The lowest BCUT2D eigenvalue weighted by atomic mass is 10.0. The van der Waals surface area contributed by atoms with Gasteiger partial charge in [-0.25, -0.2) is 4.79 Å². The molecule has 0 radical (unpaired) electrons. The number of carbonyl (C=O) groups excluding carboxylic acids is 3. The van der Waals surface area contributed by atoms with Crippen LogP contribution in [0, 0.1) is 0 Å². The summed E-state index contributed by atoms with van der Waals surface area (Å²) in [6.45, 7) is 3.68. The van der Waals surface area contributed by atoms with Gasteiger partial charge in [-0.15, -0.1) is 0 Å². The zero-order valence-corrected chi connectivity index (χ0v) is 16.9. The van der Waals surface area contributed by atoms with Crippen LogP contribution >= 0.6 is 0 Å². The Kier molecular flexibility index (Phi) is 8.89. The van der Waals surface area contributed by atoms with Gasteiger partial charge in [0.25, 0.3) is 5.91 Å². The van der Waals surface area contributed by atoms with Crippen molar-refractivity contribution in [2.75, 3.05) is 13.2 Å². The van der Waals surface area contributed by atoms with E-state index in [0.29, 0.717) is 24.3 Å². The number of ketones is 1. The third-order valence-electron chi connectivity index (χ3n) is 4.30. The lowest BCUT2D eigenvalue weighted by Crippen LogP contribution is -2.43. The molecule has 0 heterocycles. The molecule has 6 nitrogen and oxygen atoms in total. The summed E-state index contributed by atoms with van der Waals surface area (Å²) >= 11 is 0. The van der Waals surface area contributed by atoms with Crippen molar-refractivity contribution in [3.63, 3.8) is 0 Å². The minimum atomic E-state index is -0.664. The fourth-order valence-corrected chi connectivity index (χ4v) is 2.62. The second-order valence-electron chi connectivity index (χ2n) is 6.72. The highest BCUT2D eigenvalue weighted by Gasteiger charge is 2.19. The number of benzene rings is 2. The Morgan fingerprint density at radius 2 is 1.69 bits per heavy atom. The molecule has 0 aromatic heterocycles. The molecule has 0 aliphatic rings. The number of nitrogens with one attached hydrogen (secondary N) is 1. The van der Waals surface area contributed by atoms with E-state index in [4.69, 9.17) is 9.47 Å². The van der Waals surface area contributed by atoms with Crippen LogP contribution in [0.5, 0.6) is 5.75 Å². The van der Waals surface area contributed by atoms with E-state index in [1.807, 2.05) is 30.3 Å². The fraction of sp³-hybridized carbons (Fsp3) is 0.348. The van der Waals surface area contributed by atoms with Crippen molar-refractivity contribution < 1.29 is 23.9 Å². The number of rotatable bonds is 11. The number of unbranched alkanes of at least 4 members (excludes halogenated alkanes) is 1. The maximum absolute atomic E-state index is 12.1. The largest absolute Gasteiger partial charge is 0.494 e. The van der Waals surface area contributed by atoms with Crippen LogP contribution in [0.2, 0.25) is 0 Å². The maximum atomic E-state index is 12.1. The summed E-state index contributed by atoms with van der Waals surface area (Å²) in [6.07, 6.45) is 2.39. The molecular weight excluding hydrogens is 370 g/mol. The quantitative estimate of drug-likeness (QED) is 0.465. The summed E-state index contributed by atoms with van der Waals surface area (Å²) in [6, 6.07) is 15.3. The molecule has 1 N–H and O–H groups in total. The van der Waals surface area contributed by atoms with Crippen molar-refractivity contribution in [3.8, 4) is 5.75 Å². The highest BCUT2D eigenvalue weighted by atomic mass is 16.5. The topological polar surface area (TPSA) is 81.7 Å². The molecule has 0 bridgehead atoms. The lowest BCUT2D eigenvalue weighted by Gasteiger charge is -2.16. The third-order valence-corrected chi connectivity index (χ3v) is 4.30. The van der Waals surface area contributed by atoms with Gasteiger partial charge in [-0.2, -0.15) is 0 Å². The highest BCUT2D eigenvalue weighted by molar-refractivity contribution is 5.92. The van der Waals surface area contributed by atoms with Crippen molar-refractivity contribution in [1.82, 2.24) is 5.32 Å². The number of amides is 1. The van der Waals surface area contributed by atoms with Gasteiger partial charge in [0.05, 0.1) is 18.2 Å². The molecule has 6 heteroatoms. The molecule has 0 saturated carbocycles. The Morgan fingerprint density at radius 3 is 2.31 bits per heavy atom. The predicted molar refractivity (Wildman–Crippen MR) is 110 cm³/mol. The summed E-state index contributed by atoms with van der Waals surface area (Å²) in [5.74, 6) is -0.609. The fourth-order valence-electron chi connectivity index (χ4n) is 2.62. The standard InChI is InChI=1S/C23H27NO5/c1-3-4-14-28-20-12-10-19(11-13-20)23(27)29-16-22(26)24-21(17(2)25)15-18-8-6-5-7-9-18/h5-13,21H,3-4,14-16H2,1-2H3,(H,24,26). The molecule has 154 valence electrons. The third kappa shape index (κ3) is 7.78. The van der Waals surface area contributed by atoms with Crippen molar-refractivity contribution in [3.05, 3.63) is 65.7 Å². The first kappa shape index (κ1) is 22.1. The van der Waals surface area contributed by atoms with Crippen LogP contribution in [-0.2, 0) is 20.7 Å². The molecule has 2 aromatic carbocycles. The molecule has 2 aromatic rings. The smallest absolute Gasteiger partial charge is 0.338 e. The van der Waals surface area contributed by atoms with E-state index in [1.165, 1.54) is 6.92 Å². The zero-order chi connectivity index (χ0) is 21.1. The summed E-state index contributed by atoms with van der Waals surface area (Å²) in [7, 11) is 0. The Hall–Kier alpha value is -3.15. The molecule has 29 heavy (non-hydrogen) atoms. The van der Waals surface area contributed by atoms with Crippen LogP contribution in [0.25, 0.3) is 0 Å². The van der Waals surface area contributed by atoms with Gasteiger partial charge in [0.2, 0.25) is 0 Å². The molecule has 0 aliphatic heterocycles. The van der Waals surface area contributed by atoms with Gasteiger partial charge in [-0.3, -0.25) is 9.59 Å². The number of hydrogen-bond donors (Lipinski definition) is 1. The van der Waals surface area contributed by atoms with Crippen LogP contribution in [0.15, 0.2) is 54.6 Å². The van der Waals surface area contributed by atoms with Crippen molar-refractivity contribution >= 4 is 17.7 Å². The second kappa shape index (κ2) is 11.6. The van der Waals surface area contributed by atoms with Gasteiger partial charge in [0.1, 0.15) is 5.75 Å². The minimum Gasteiger partial charge on any atom is -0.494 e. The van der Waals surface area contributed by atoms with Crippen molar-refractivity contribution in [2.24, 2.45) is 0 Å². The molecular formula is C23H27NO5. The van der Waals surface area contributed by atoms with E-state index in [-0.39, 0.29) is 5.78 Å². The average Bonchev–Trinajstić information content (AvgIpc) is 2.73. The first-order valence-corrected chi connectivity index (χ1v) is 9.73. The van der Waals surface area contributed by atoms with Crippen LogP contribution in [0.3, 0.4) is 0 Å². The van der Waals surface area contributed by atoms with Crippen molar-refractivity contribution in [1.29, 1.82) is 0 Å². The monoisotopic (exact) mass is 397 g/mol. The molecule has 0 fully saturated rings. The van der Waals surface area contributed by atoms with E-state index < -0.39 is 24.5 Å². The summed E-state index contributed by atoms with van der Waals surface area (Å²) in [4.78, 5) is 36.1. The van der Waals surface area contributed by atoms with Gasteiger partial charge < -0.3 is 14.8 Å². The van der Waals surface area contributed by atoms with E-state index in [2.05, 4.69) is 12.2 Å². The van der Waals surface area contributed by atoms with E-state index in [0.717, 1.165) is 18.4 Å². The molecule has 2 rings (SSSR count). The van der Waals surface area contributed by atoms with Gasteiger partial charge in [-0.05, 0) is 49.6 Å². The number of ether oxygens (including phenoxy) is 2. The number of carbonyl (C=O) groups is 3. The van der Waals surface area contributed by atoms with E-state index >= 15 is 0 Å². The predicted octanol–water partition coefficient (Wildman–Crippen LogP) is 3.34. The number of Topliss-reactive ketones (excluding diaryl/α,β-unsaturated/α-hetero) is 1. The normalized spacial score (nSPS) is 11.4. The highest BCUT2D eigenvalue weighted by Crippen LogP contribution is 2.13. The lowest BCUT2D eigenvalue weighted by molar-refractivity contribution is -0.128. The van der Waals surface area contributed by atoms with Crippen LogP contribution in [0.4, 0.5) is 0 Å². The number of hydrogen-bond acceptors (Lipinski definition) is 5. The molecule has 1 amide bonds. The molecule has 0 saturated heterocycles. The SMILES string of the molecule is CCCCOc1ccc(C(=O)OCC(=O)NC(Cc2ccccc2)C(C)=O)cc1. The summed E-state index contributed by atoms with van der Waals surface area (Å²) in [5.41, 5.74) is 1.26. The minimum absolute atomic E-state index is 0.160. The first-order chi connectivity index (χ1) is 14.0. The molecule has 0 aliphatic carbocycles.